The maximum atomic E-state index is 5.54. The molecule has 2 N–H and O–H groups in total. The van der Waals surface area contributed by atoms with E-state index in [0.717, 1.165) is 40.5 Å². The average Bonchev–Trinajstić information content (AvgIpc) is 3.11. The number of aryl methyl sites for hydroxylation is 1. The Kier molecular flexibility index (Phi) is 3.72. The Morgan fingerprint density at radius 2 is 2.09 bits per heavy atom. The van der Waals surface area contributed by atoms with Gasteiger partial charge in [-0.05, 0) is 13.1 Å². The highest BCUT2D eigenvalue weighted by Crippen LogP contribution is 2.30. The highest BCUT2D eigenvalue weighted by Gasteiger charge is 2.14. The van der Waals surface area contributed by atoms with Gasteiger partial charge in [0, 0.05) is 38.5 Å². The van der Waals surface area contributed by atoms with Crippen LogP contribution >= 0.6 is 0 Å². The number of anilines is 1. The summed E-state index contributed by atoms with van der Waals surface area (Å²) in [7, 11) is 7.41. The van der Waals surface area contributed by atoms with Crippen LogP contribution in [0.25, 0.3) is 16.7 Å². The fourth-order valence-electron chi connectivity index (χ4n) is 2.56. The van der Waals surface area contributed by atoms with Gasteiger partial charge in [-0.3, -0.25) is 0 Å². The van der Waals surface area contributed by atoms with Gasteiger partial charge in [-0.25, -0.2) is 9.67 Å². The number of benzene rings is 1. The zero-order valence-corrected chi connectivity index (χ0v) is 13.2. The van der Waals surface area contributed by atoms with Crippen LogP contribution in [0.2, 0.25) is 0 Å². The number of fused-ring (bicyclic) bond motifs is 1. The van der Waals surface area contributed by atoms with E-state index in [1.54, 1.807) is 7.11 Å². The molecular formula is C15H20N6O. The van der Waals surface area contributed by atoms with Crippen molar-refractivity contribution in [2.75, 3.05) is 26.5 Å². The summed E-state index contributed by atoms with van der Waals surface area (Å²) < 4.78 is 9.35. The van der Waals surface area contributed by atoms with Gasteiger partial charge in [0.25, 0.3) is 0 Å². The summed E-state index contributed by atoms with van der Waals surface area (Å²) in [4.78, 5) is 4.58. The van der Waals surface area contributed by atoms with Gasteiger partial charge >= 0.3 is 0 Å². The van der Waals surface area contributed by atoms with Gasteiger partial charge < -0.3 is 19.9 Å². The Bertz CT molecular complexity index is 804. The first-order valence-corrected chi connectivity index (χ1v) is 7.08. The van der Waals surface area contributed by atoms with Gasteiger partial charge in [0.2, 0.25) is 5.95 Å². The lowest BCUT2D eigenvalue weighted by molar-refractivity contribution is 0.412. The maximum absolute atomic E-state index is 5.54. The SMILES string of the molecule is CNCc1cnn(-c2cc3nc(NC)n(C)c3cc2OC)c1. The Balaban J connectivity index is 2.14. The molecule has 116 valence electrons. The van der Waals surface area contributed by atoms with Gasteiger partial charge in [-0.2, -0.15) is 5.10 Å². The molecule has 0 aliphatic carbocycles. The van der Waals surface area contributed by atoms with Crippen molar-refractivity contribution >= 4 is 17.0 Å². The van der Waals surface area contributed by atoms with E-state index in [4.69, 9.17) is 4.74 Å². The first-order chi connectivity index (χ1) is 10.7. The molecule has 0 spiro atoms. The third-order valence-electron chi connectivity index (χ3n) is 3.67. The molecular weight excluding hydrogens is 280 g/mol. The molecule has 0 saturated heterocycles. The van der Waals surface area contributed by atoms with E-state index in [-0.39, 0.29) is 0 Å². The Labute approximate surface area is 128 Å². The van der Waals surface area contributed by atoms with Gasteiger partial charge in [0.1, 0.15) is 11.4 Å². The summed E-state index contributed by atoms with van der Waals surface area (Å²) in [5, 5.41) is 10.6. The van der Waals surface area contributed by atoms with Crippen LogP contribution in [0, 0.1) is 0 Å². The second kappa shape index (κ2) is 5.69. The zero-order chi connectivity index (χ0) is 15.7. The van der Waals surface area contributed by atoms with Crippen molar-refractivity contribution < 1.29 is 4.74 Å². The average molecular weight is 300 g/mol. The van der Waals surface area contributed by atoms with E-state index >= 15 is 0 Å². The third kappa shape index (κ3) is 2.29. The van der Waals surface area contributed by atoms with E-state index in [1.807, 2.05) is 54.9 Å². The normalized spacial score (nSPS) is 11.1. The number of nitrogens with one attached hydrogen (secondary N) is 2. The molecule has 3 rings (SSSR count). The molecule has 0 fully saturated rings. The van der Waals surface area contributed by atoms with Crippen molar-refractivity contribution in [3.05, 3.63) is 30.1 Å². The number of hydrogen-bond acceptors (Lipinski definition) is 5. The number of methoxy groups -OCH3 is 1. The molecule has 0 aliphatic heterocycles. The highest BCUT2D eigenvalue weighted by molar-refractivity contribution is 5.83. The monoisotopic (exact) mass is 300 g/mol. The molecule has 7 heteroatoms. The van der Waals surface area contributed by atoms with Crippen LogP contribution in [-0.2, 0) is 13.6 Å². The quantitative estimate of drug-likeness (QED) is 0.748. The molecule has 0 amide bonds. The minimum atomic E-state index is 0.761. The standard InChI is InChI=1S/C15H20N6O/c1-16-7-10-8-18-21(9-10)13-5-11-12(6-14(13)22-4)20(3)15(17-2)19-11/h5-6,8-9,16H,7H2,1-4H3,(H,17,19). The summed E-state index contributed by atoms with van der Waals surface area (Å²) in [6.45, 7) is 0.776. The molecule has 3 aromatic rings. The number of ether oxygens (including phenoxy) is 1. The molecule has 0 radical (unpaired) electrons. The first-order valence-electron chi connectivity index (χ1n) is 7.08. The maximum Gasteiger partial charge on any atom is 0.203 e. The molecule has 0 unspecified atom stereocenters. The minimum absolute atomic E-state index is 0.761. The van der Waals surface area contributed by atoms with Crippen LogP contribution in [-0.4, -0.2) is 40.5 Å². The topological polar surface area (TPSA) is 68.9 Å². The Morgan fingerprint density at radius 1 is 1.27 bits per heavy atom. The number of rotatable bonds is 5. The first kappa shape index (κ1) is 14.4. The molecule has 7 nitrogen and oxygen atoms in total. The van der Waals surface area contributed by atoms with Crippen molar-refractivity contribution in [2.24, 2.45) is 7.05 Å². The second-order valence-corrected chi connectivity index (χ2v) is 5.08. The summed E-state index contributed by atoms with van der Waals surface area (Å²) in [6.07, 6.45) is 3.83. The van der Waals surface area contributed by atoms with Crippen LogP contribution in [0.3, 0.4) is 0 Å². The van der Waals surface area contributed by atoms with Crippen LogP contribution in [0.4, 0.5) is 5.95 Å². The van der Waals surface area contributed by atoms with Gasteiger partial charge in [-0.1, -0.05) is 0 Å². The molecule has 2 aromatic heterocycles. The summed E-state index contributed by atoms with van der Waals surface area (Å²) in [5.74, 6) is 1.57. The lowest BCUT2D eigenvalue weighted by Gasteiger charge is -2.09. The summed E-state index contributed by atoms with van der Waals surface area (Å²) in [6, 6.07) is 3.98. The minimum Gasteiger partial charge on any atom is -0.494 e. The molecule has 1 aromatic carbocycles. The van der Waals surface area contributed by atoms with Crippen molar-refractivity contribution in [1.29, 1.82) is 0 Å². The van der Waals surface area contributed by atoms with Crippen LogP contribution in [0.5, 0.6) is 5.75 Å². The fourth-order valence-corrected chi connectivity index (χ4v) is 2.56. The molecule has 0 saturated carbocycles. The smallest absolute Gasteiger partial charge is 0.203 e. The number of nitrogens with zero attached hydrogens (tertiary/aromatic N) is 4. The third-order valence-corrected chi connectivity index (χ3v) is 3.67. The van der Waals surface area contributed by atoms with E-state index in [9.17, 15) is 0 Å². The summed E-state index contributed by atoms with van der Waals surface area (Å²) in [5.41, 5.74) is 3.89. The van der Waals surface area contributed by atoms with Gasteiger partial charge in [0.15, 0.2) is 0 Å². The lowest BCUT2D eigenvalue weighted by atomic mass is 10.2. The van der Waals surface area contributed by atoms with Crippen LogP contribution < -0.4 is 15.4 Å². The van der Waals surface area contributed by atoms with Crippen molar-refractivity contribution in [3.8, 4) is 11.4 Å². The summed E-state index contributed by atoms with van der Waals surface area (Å²) >= 11 is 0. The molecule has 0 atom stereocenters. The van der Waals surface area contributed by atoms with Crippen LogP contribution in [0.15, 0.2) is 24.5 Å². The predicted octanol–water partition coefficient (Wildman–Crippen LogP) is 1.53. The van der Waals surface area contributed by atoms with E-state index in [0.29, 0.717) is 0 Å². The Hall–Kier alpha value is -2.54. The van der Waals surface area contributed by atoms with Crippen molar-refractivity contribution in [1.82, 2.24) is 24.6 Å². The van der Waals surface area contributed by atoms with Gasteiger partial charge in [-0.15, -0.1) is 0 Å². The largest absolute Gasteiger partial charge is 0.494 e. The van der Waals surface area contributed by atoms with Crippen LogP contribution in [0.1, 0.15) is 5.56 Å². The molecule has 0 aliphatic rings. The van der Waals surface area contributed by atoms with Gasteiger partial charge in [0.05, 0.1) is 24.3 Å². The molecule has 0 bridgehead atoms. The van der Waals surface area contributed by atoms with Crippen molar-refractivity contribution in [2.45, 2.75) is 6.54 Å². The number of hydrogen-bond donors (Lipinski definition) is 2. The lowest BCUT2D eigenvalue weighted by Crippen LogP contribution is -2.04. The van der Waals surface area contributed by atoms with E-state index in [2.05, 4.69) is 20.7 Å². The predicted molar refractivity (Wildman–Crippen MR) is 86.7 cm³/mol. The highest BCUT2D eigenvalue weighted by atomic mass is 16.5. The van der Waals surface area contributed by atoms with E-state index < -0.39 is 0 Å². The molecule has 22 heavy (non-hydrogen) atoms. The number of aromatic nitrogens is 4. The zero-order valence-electron chi connectivity index (χ0n) is 13.2. The fraction of sp³-hybridized carbons (Fsp3) is 0.333. The molecule has 2 heterocycles. The van der Waals surface area contributed by atoms with E-state index in [1.165, 1.54) is 0 Å². The van der Waals surface area contributed by atoms with Crippen molar-refractivity contribution in [3.63, 3.8) is 0 Å². The Morgan fingerprint density at radius 3 is 2.77 bits per heavy atom. The second-order valence-electron chi connectivity index (χ2n) is 5.08. The number of imidazole rings is 1.